The van der Waals surface area contributed by atoms with Crippen LogP contribution in [0.4, 0.5) is 24.9 Å². The molecule has 1 fully saturated rings. The van der Waals surface area contributed by atoms with Gasteiger partial charge in [-0.25, -0.2) is 10.8 Å². The maximum Gasteiger partial charge on any atom is 0.433 e. The number of carbonyl (C=O) groups excluding carboxylic acids is 1. The van der Waals surface area contributed by atoms with Gasteiger partial charge in [0.05, 0.1) is 0 Å². The zero-order valence-corrected chi connectivity index (χ0v) is 10.5. The van der Waals surface area contributed by atoms with Crippen molar-refractivity contribution < 1.29 is 18.0 Å². The van der Waals surface area contributed by atoms with Crippen molar-refractivity contribution in [2.24, 2.45) is 5.84 Å². The van der Waals surface area contributed by atoms with Gasteiger partial charge in [-0.3, -0.25) is 10.2 Å². The third kappa shape index (κ3) is 2.90. The number of likely N-dealkylation sites (tertiary alicyclic amines) is 1. The molecule has 2 rings (SSSR count). The topological polar surface area (TPSA) is 96.2 Å². The first-order valence-electron chi connectivity index (χ1n) is 5.75. The molecule has 1 amide bonds. The molecule has 1 aliphatic heterocycles. The van der Waals surface area contributed by atoms with Crippen molar-refractivity contribution in [2.45, 2.75) is 18.6 Å². The van der Waals surface area contributed by atoms with Crippen LogP contribution in [0.25, 0.3) is 0 Å². The number of nitrogens with zero attached hydrogens (tertiary/aromatic N) is 3. The predicted molar refractivity (Wildman–Crippen MR) is 64.5 cm³/mol. The van der Waals surface area contributed by atoms with Crippen LogP contribution in [-0.4, -0.2) is 40.4 Å². The Balaban J connectivity index is 2.25. The summed E-state index contributed by atoms with van der Waals surface area (Å²) in [6.07, 6.45) is -4.13. The second kappa shape index (κ2) is 5.12. The molecule has 1 aromatic rings. The minimum Gasteiger partial charge on any atom is -0.358 e. The van der Waals surface area contributed by atoms with Gasteiger partial charge < -0.3 is 10.2 Å². The minimum atomic E-state index is -4.62. The van der Waals surface area contributed by atoms with Gasteiger partial charge in [-0.1, -0.05) is 0 Å². The molecule has 0 radical (unpaired) electrons. The molecule has 1 unspecified atom stereocenters. The van der Waals surface area contributed by atoms with Crippen LogP contribution in [0.2, 0.25) is 0 Å². The fourth-order valence-electron chi connectivity index (χ4n) is 1.87. The van der Waals surface area contributed by atoms with E-state index in [1.807, 2.05) is 5.43 Å². The molecule has 10 heteroatoms. The minimum absolute atomic E-state index is 0.103. The van der Waals surface area contributed by atoms with E-state index in [-0.39, 0.29) is 17.7 Å². The van der Waals surface area contributed by atoms with Crippen LogP contribution in [-0.2, 0) is 11.0 Å². The lowest BCUT2D eigenvalue weighted by atomic mass is 10.2. The zero-order valence-electron chi connectivity index (χ0n) is 10.5. The number of hydrogen-bond acceptors (Lipinski definition) is 6. The number of nitrogens with one attached hydrogen (secondary N) is 2. The molecule has 4 N–H and O–H groups in total. The maximum atomic E-state index is 12.7. The molecule has 2 heterocycles. The SMILES string of the molecule is CN1CCC(Nc2cc(C(F)(F)F)nc(NN)n2)C1=O. The number of halogens is 3. The number of alkyl halides is 3. The molecule has 7 nitrogen and oxygen atoms in total. The third-order valence-corrected chi connectivity index (χ3v) is 2.90. The number of likely N-dealkylation sites (N-methyl/N-ethyl adjacent to an activating group) is 1. The summed E-state index contributed by atoms with van der Waals surface area (Å²) in [6, 6.07) is 0.147. The lowest BCUT2D eigenvalue weighted by Crippen LogP contribution is -2.31. The smallest absolute Gasteiger partial charge is 0.358 e. The molecule has 1 aromatic heterocycles. The quantitative estimate of drug-likeness (QED) is 0.551. The Morgan fingerprint density at radius 2 is 2.15 bits per heavy atom. The van der Waals surface area contributed by atoms with Crippen LogP contribution in [0.15, 0.2) is 6.07 Å². The predicted octanol–water partition coefficient (Wildman–Crippen LogP) is 0.424. The first-order chi connectivity index (χ1) is 9.31. The average Bonchev–Trinajstić information content (AvgIpc) is 2.69. The molecule has 1 aliphatic rings. The summed E-state index contributed by atoms with van der Waals surface area (Å²) in [7, 11) is 1.62. The zero-order chi connectivity index (χ0) is 14.9. The second-order valence-corrected chi connectivity index (χ2v) is 4.35. The standard InChI is InChI=1S/C10H13F3N6O/c1-19-3-2-5(8(19)20)15-7-4-6(10(11,12)13)16-9(17-7)18-14/h4-5H,2-3,14H2,1H3,(H2,15,16,17,18). The summed E-state index contributed by atoms with van der Waals surface area (Å²) in [5.74, 6) is 4.37. The van der Waals surface area contributed by atoms with Crippen LogP contribution < -0.4 is 16.6 Å². The van der Waals surface area contributed by atoms with Crippen molar-refractivity contribution in [2.75, 3.05) is 24.3 Å². The highest BCUT2D eigenvalue weighted by Crippen LogP contribution is 2.30. The molecule has 1 atom stereocenters. The summed E-state index contributed by atoms with van der Waals surface area (Å²) in [4.78, 5) is 20.2. The van der Waals surface area contributed by atoms with E-state index in [1.54, 1.807) is 7.05 Å². The van der Waals surface area contributed by atoms with Crippen LogP contribution in [0, 0.1) is 0 Å². The maximum absolute atomic E-state index is 12.7. The van der Waals surface area contributed by atoms with Crippen LogP contribution >= 0.6 is 0 Å². The van der Waals surface area contributed by atoms with E-state index in [9.17, 15) is 18.0 Å². The molecule has 0 aliphatic carbocycles. The molecule has 20 heavy (non-hydrogen) atoms. The van der Waals surface area contributed by atoms with Gasteiger partial charge in [-0.05, 0) is 6.42 Å². The van der Waals surface area contributed by atoms with Crippen LogP contribution in [0.3, 0.4) is 0 Å². The normalized spacial score (nSPS) is 19.4. The molecular formula is C10H13F3N6O. The van der Waals surface area contributed by atoms with Crippen LogP contribution in [0.5, 0.6) is 0 Å². The lowest BCUT2D eigenvalue weighted by Gasteiger charge is -2.15. The second-order valence-electron chi connectivity index (χ2n) is 4.35. The Hall–Kier alpha value is -2.10. The number of carbonyl (C=O) groups is 1. The number of nitrogens with two attached hydrogens (primary N) is 1. The van der Waals surface area contributed by atoms with E-state index in [1.165, 1.54) is 4.90 Å². The van der Waals surface area contributed by atoms with Gasteiger partial charge in [-0.2, -0.15) is 18.2 Å². The van der Waals surface area contributed by atoms with Crippen molar-refractivity contribution in [1.82, 2.24) is 14.9 Å². The van der Waals surface area contributed by atoms with Crippen molar-refractivity contribution in [3.63, 3.8) is 0 Å². The van der Waals surface area contributed by atoms with Crippen molar-refractivity contribution in [1.29, 1.82) is 0 Å². The van der Waals surface area contributed by atoms with Gasteiger partial charge in [0.25, 0.3) is 0 Å². The number of nitrogen functional groups attached to an aromatic ring is 1. The van der Waals surface area contributed by atoms with Gasteiger partial charge in [0.15, 0.2) is 5.69 Å². The average molecular weight is 290 g/mol. The Labute approximate surface area is 112 Å². The monoisotopic (exact) mass is 290 g/mol. The fourth-order valence-corrected chi connectivity index (χ4v) is 1.87. The van der Waals surface area contributed by atoms with E-state index in [0.717, 1.165) is 6.07 Å². The van der Waals surface area contributed by atoms with Crippen LogP contribution in [0.1, 0.15) is 12.1 Å². The van der Waals surface area contributed by atoms with Crippen molar-refractivity contribution >= 4 is 17.7 Å². The highest BCUT2D eigenvalue weighted by molar-refractivity contribution is 5.86. The molecule has 0 aromatic carbocycles. The van der Waals surface area contributed by atoms with E-state index in [4.69, 9.17) is 5.84 Å². The van der Waals surface area contributed by atoms with Gasteiger partial charge >= 0.3 is 6.18 Å². The fraction of sp³-hybridized carbons (Fsp3) is 0.500. The Morgan fingerprint density at radius 3 is 2.65 bits per heavy atom. The Bertz CT molecular complexity index is 520. The molecular weight excluding hydrogens is 277 g/mol. The lowest BCUT2D eigenvalue weighted by molar-refractivity contribution is -0.141. The Morgan fingerprint density at radius 1 is 1.45 bits per heavy atom. The number of rotatable bonds is 3. The summed E-state index contributed by atoms with van der Waals surface area (Å²) in [5.41, 5.74) is 0.830. The van der Waals surface area contributed by atoms with Gasteiger partial charge in [-0.15, -0.1) is 0 Å². The van der Waals surface area contributed by atoms with Gasteiger partial charge in [0, 0.05) is 19.7 Å². The number of hydrazine groups is 1. The van der Waals surface area contributed by atoms with Crippen molar-refractivity contribution in [3.8, 4) is 0 Å². The van der Waals surface area contributed by atoms with Gasteiger partial charge in [0.2, 0.25) is 11.9 Å². The van der Waals surface area contributed by atoms with E-state index >= 15 is 0 Å². The highest BCUT2D eigenvalue weighted by atomic mass is 19.4. The third-order valence-electron chi connectivity index (χ3n) is 2.90. The number of anilines is 2. The first kappa shape index (κ1) is 14.3. The molecule has 0 saturated carbocycles. The number of hydrogen-bond donors (Lipinski definition) is 3. The van der Waals surface area contributed by atoms with Gasteiger partial charge in [0.1, 0.15) is 11.9 Å². The Kier molecular flexibility index (Phi) is 3.66. The number of amides is 1. The molecule has 0 spiro atoms. The molecule has 0 bridgehead atoms. The summed E-state index contributed by atoms with van der Waals surface area (Å²) in [5, 5.41) is 2.67. The molecule has 1 saturated heterocycles. The summed E-state index contributed by atoms with van der Waals surface area (Å²) >= 11 is 0. The van der Waals surface area contributed by atoms with Crippen molar-refractivity contribution in [3.05, 3.63) is 11.8 Å². The summed E-state index contributed by atoms with van der Waals surface area (Å²) < 4.78 is 38.0. The van der Waals surface area contributed by atoms with E-state index < -0.39 is 17.9 Å². The van der Waals surface area contributed by atoms with E-state index in [2.05, 4.69) is 15.3 Å². The first-order valence-corrected chi connectivity index (χ1v) is 5.75. The largest absolute Gasteiger partial charge is 0.433 e. The molecule has 110 valence electrons. The number of aromatic nitrogens is 2. The summed E-state index contributed by atoms with van der Waals surface area (Å²) in [6.45, 7) is 0.537. The highest BCUT2D eigenvalue weighted by Gasteiger charge is 2.35. The van der Waals surface area contributed by atoms with E-state index in [0.29, 0.717) is 13.0 Å².